The number of rotatable bonds is 57. The van der Waals surface area contributed by atoms with Gasteiger partial charge >= 0.3 is 19.8 Å². The van der Waals surface area contributed by atoms with E-state index in [4.69, 9.17) is 18.5 Å². The quantitative estimate of drug-likeness (QED) is 0.0211. The molecule has 0 fully saturated rings. The van der Waals surface area contributed by atoms with E-state index < -0.39 is 26.5 Å². The number of allylic oxidation sites excluding steroid dienone is 16. The van der Waals surface area contributed by atoms with Crippen molar-refractivity contribution < 1.29 is 42.1 Å². The lowest BCUT2D eigenvalue weighted by Crippen LogP contribution is -2.37. The van der Waals surface area contributed by atoms with Gasteiger partial charge in [0, 0.05) is 12.8 Å². The standard InChI is InChI=1S/C67H118NO8P/c1-6-8-10-12-14-16-18-20-21-22-23-24-25-26-27-28-29-30-31-32-33-34-35-36-37-38-39-40-41-42-43-44-45-46-47-48-50-52-54-56-58-60-67(70)76-65(64-75-77(71,72)74-62-61-68(3,4)5)63-73-66(69)59-57-55-53-51-49-19-17-15-13-11-9-7-2/h8,10,14-17,20-21,23-24,26-27,29-30,32-33,65H,6-7,9,11-13,18-19,22,25,28,31,34-64H2,1-5H3/p+1/b10-8-,16-14-,17-15-,21-20-,24-23-,27-26-,30-29-,33-32-. The van der Waals surface area contributed by atoms with E-state index in [2.05, 4.69) is 111 Å². The third-order valence-electron chi connectivity index (χ3n) is 13.3. The second-order valence-corrected chi connectivity index (χ2v) is 23.5. The van der Waals surface area contributed by atoms with Crippen molar-refractivity contribution in [3.63, 3.8) is 0 Å². The number of unbranched alkanes of at least 4 members (excludes halogenated alkanes) is 27. The van der Waals surface area contributed by atoms with E-state index in [1.54, 1.807) is 0 Å². The number of likely N-dealkylation sites (N-methyl/N-ethyl adjacent to an activating group) is 1. The minimum Gasteiger partial charge on any atom is -0.462 e. The van der Waals surface area contributed by atoms with Gasteiger partial charge in [-0.05, 0) is 96.3 Å². The number of phosphoric ester groups is 1. The fraction of sp³-hybridized carbons (Fsp3) is 0.731. The van der Waals surface area contributed by atoms with Crippen molar-refractivity contribution in [1.29, 1.82) is 0 Å². The first kappa shape index (κ1) is 73.9. The molecule has 0 rings (SSSR count). The SMILES string of the molecule is CC/C=C\C/C=C\C/C=C\C/C=C\C/C=C\C/C=C\C/C=C\CCCCCCCCCCCCCCCCCCCCCC(=O)OC(COC(=O)CCCCCCC/C=C\CCCCC)COP(=O)(O)OCC[N+](C)(C)C. The van der Waals surface area contributed by atoms with Crippen LogP contribution in [0, 0.1) is 0 Å². The zero-order valence-corrected chi connectivity index (χ0v) is 51.3. The number of esters is 2. The van der Waals surface area contributed by atoms with Crippen LogP contribution < -0.4 is 0 Å². The highest BCUT2D eigenvalue weighted by Crippen LogP contribution is 2.43. The molecule has 0 aromatic heterocycles. The summed E-state index contributed by atoms with van der Waals surface area (Å²) in [6.45, 7) is 4.29. The molecule has 0 saturated heterocycles. The largest absolute Gasteiger partial charge is 0.472 e. The van der Waals surface area contributed by atoms with Crippen LogP contribution in [-0.4, -0.2) is 74.9 Å². The maximum absolute atomic E-state index is 12.8. The smallest absolute Gasteiger partial charge is 0.462 e. The van der Waals surface area contributed by atoms with Gasteiger partial charge in [0.05, 0.1) is 27.7 Å². The Balaban J connectivity index is 3.92. The molecule has 0 aromatic carbocycles. The Morgan fingerprint density at radius 1 is 0.416 bits per heavy atom. The van der Waals surface area contributed by atoms with Crippen molar-refractivity contribution in [3.05, 3.63) is 97.2 Å². The van der Waals surface area contributed by atoms with E-state index in [1.807, 2.05) is 21.1 Å². The lowest BCUT2D eigenvalue weighted by molar-refractivity contribution is -0.870. The molecule has 0 heterocycles. The molecule has 0 aliphatic carbocycles. The maximum Gasteiger partial charge on any atom is 0.472 e. The monoisotopic (exact) mass is 1100 g/mol. The van der Waals surface area contributed by atoms with Gasteiger partial charge in [-0.15, -0.1) is 0 Å². The minimum atomic E-state index is -4.39. The summed E-state index contributed by atoms with van der Waals surface area (Å²) in [6, 6.07) is 0. The summed E-state index contributed by atoms with van der Waals surface area (Å²) in [7, 11) is 1.47. The van der Waals surface area contributed by atoms with Crippen molar-refractivity contribution in [2.24, 2.45) is 0 Å². The average Bonchev–Trinajstić information content (AvgIpc) is 3.39. The minimum absolute atomic E-state index is 0.0292. The van der Waals surface area contributed by atoms with Crippen LogP contribution in [0.3, 0.4) is 0 Å². The van der Waals surface area contributed by atoms with Crippen molar-refractivity contribution >= 4 is 19.8 Å². The first-order chi connectivity index (χ1) is 37.5. The number of carbonyl (C=O) groups excluding carboxylic acids is 2. The van der Waals surface area contributed by atoms with E-state index in [1.165, 1.54) is 135 Å². The van der Waals surface area contributed by atoms with Gasteiger partial charge in [-0.2, -0.15) is 0 Å². The lowest BCUT2D eigenvalue weighted by Gasteiger charge is -2.24. The molecule has 0 aliphatic heterocycles. The van der Waals surface area contributed by atoms with E-state index >= 15 is 0 Å². The van der Waals surface area contributed by atoms with Gasteiger partial charge in [0.25, 0.3) is 0 Å². The summed E-state index contributed by atoms with van der Waals surface area (Å²) in [5, 5.41) is 0. The van der Waals surface area contributed by atoms with Crippen LogP contribution in [0.15, 0.2) is 97.2 Å². The van der Waals surface area contributed by atoms with Crippen LogP contribution in [0.2, 0.25) is 0 Å². The highest BCUT2D eigenvalue weighted by atomic mass is 31.2. The van der Waals surface area contributed by atoms with Gasteiger partial charge in [0.1, 0.15) is 19.8 Å². The zero-order valence-electron chi connectivity index (χ0n) is 50.4. The molecule has 2 atom stereocenters. The zero-order chi connectivity index (χ0) is 56.3. The molecule has 0 aromatic rings. The third-order valence-corrected chi connectivity index (χ3v) is 14.3. The van der Waals surface area contributed by atoms with E-state index in [0.29, 0.717) is 17.4 Å². The highest BCUT2D eigenvalue weighted by molar-refractivity contribution is 7.47. The number of quaternary nitrogens is 1. The number of nitrogens with zero attached hydrogens (tertiary/aromatic N) is 1. The van der Waals surface area contributed by atoms with Gasteiger partial charge in [-0.25, -0.2) is 4.57 Å². The third kappa shape index (κ3) is 62.0. The Labute approximate surface area is 474 Å². The summed E-state index contributed by atoms with van der Waals surface area (Å²) in [5.41, 5.74) is 0. The van der Waals surface area contributed by atoms with Crippen LogP contribution >= 0.6 is 7.82 Å². The Bertz CT molecular complexity index is 1620. The van der Waals surface area contributed by atoms with Crippen LogP contribution in [0.1, 0.15) is 264 Å². The van der Waals surface area contributed by atoms with E-state index in [-0.39, 0.29) is 32.0 Å². The molecule has 0 bridgehead atoms. The summed E-state index contributed by atoms with van der Waals surface area (Å²) in [4.78, 5) is 35.6. The number of hydrogen-bond donors (Lipinski definition) is 1. The number of phosphoric acid groups is 1. The molecule has 0 aliphatic rings. The topological polar surface area (TPSA) is 108 Å². The molecule has 0 radical (unpaired) electrons. The van der Waals surface area contributed by atoms with E-state index in [9.17, 15) is 19.0 Å². The van der Waals surface area contributed by atoms with E-state index in [0.717, 1.165) is 96.3 Å². The highest BCUT2D eigenvalue weighted by Gasteiger charge is 2.27. The average molecular weight is 1100 g/mol. The normalized spacial score (nSPS) is 13.9. The summed E-state index contributed by atoms with van der Waals surface area (Å²) >= 11 is 0. The molecule has 9 nitrogen and oxygen atoms in total. The Morgan fingerprint density at radius 3 is 1.12 bits per heavy atom. The predicted molar refractivity (Wildman–Crippen MR) is 330 cm³/mol. The molecule has 0 spiro atoms. The molecule has 1 N–H and O–H groups in total. The number of ether oxygens (including phenoxy) is 2. The molecule has 77 heavy (non-hydrogen) atoms. The molecular weight excluding hydrogens is 978 g/mol. The van der Waals surface area contributed by atoms with Gasteiger partial charge in [-0.3, -0.25) is 18.6 Å². The first-order valence-electron chi connectivity index (χ1n) is 31.5. The Hall–Kier alpha value is -3.07. The van der Waals surface area contributed by atoms with Crippen LogP contribution in [0.4, 0.5) is 0 Å². The maximum atomic E-state index is 12.8. The number of carbonyl (C=O) groups is 2. The Morgan fingerprint density at radius 2 is 0.740 bits per heavy atom. The van der Waals surface area contributed by atoms with Crippen molar-refractivity contribution in [2.45, 2.75) is 270 Å². The van der Waals surface area contributed by atoms with Crippen LogP contribution in [-0.2, 0) is 32.7 Å². The molecular formula is C67H119NO8P+. The Kier molecular flexibility index (Phi) is 55.3. The lowest BCUT2D eigenvalue weighted by atomic mass is 10.0. The molecule has 10 heteroatoms. The van der Waals surface area contributed by atoms with Crippen LogP contribution in [0.5, 0.6) is 0 Å². The molecule has 0 amide bonds. The van der Waals surface area contributed by atoms with Gasteiger partial charge in [-0.1, -0.05) is 252 Å². The molecule has 2 unspecified atom stereocenters. The second kappa shape index (κ2) is 57.6. The summed E-state index contributed by atoms with van der Waals surface area (Å²) < 4.78 is 34.5. The predicted octanol–water partition coefficient (Wildman–Crippen LogP) is 20.0. The van der Waals surface area contributed by atoms with Crippen molar-refractivity contribution in [2.75, 3.05) is 47.5 Å². The fourth-order valence-corrected chi connectivity index (χ4v) is 9.26. The molecule has 0 saturated carbocycles. The van der Waals surface area contributed by atoms with Crippen LogP contribution in [0.25, 0.3) is 0 Å². The second-order valence-electron chi connectivity index (χ2n) is 22.1. The van der Waals surface area contributed by atoms with Gasteiger partial charge in [0.15, 0.2) is 6.10 Å². The van der Waals surface area contributed by atoms with Crippen molar-refractivity contribution in [1.82, 2.24) is 0 Å². The van der Waals surface area contributed by atoms with Crippen molar-refractivity contribution in [3.8, 4) is 0 Å². The van der Waals surface area contributed by atoms with Gasteiger partial charge < -0.3 is 18.9 Å². The summed E-state index contributed by atoms with van der Waals surface area (Å²) in [6.07, 6.45) is 79.4. The first-order valence-corrected chi connectivity index (χ1v) is 33.0. The fourth-order valence-electron chi connectivity index (χ4n) is 8.52. The number of hydrogen-bond acceptors (Lipinski definition) is 7. The molecule has 444 valence electrons. The summed E-state index contributed by atoms with van der Waals surface area (Å²) in [5.74, 6) is -0.804. The van der Waals surface area contributed by atoms with Gasteiger partial charge in [0.2, 0.25) is 0 Å².